The van der Waals surface area contributed by atoms with Crippen molar-refractivity contribution in [1.82, 2.24) is 14.9 Å². The minimum Gasteiger partial charge on any atom is -0.496 e. The smallest absolute Gasteiger partial charge is 0.280 e. The summed E-state index contributed by atoms with van der Waals surface area (Å²) in [6.45, 7) is 3.97. The minimum atomic E-state index is -3.08. The van der Waals surface area contributed by atoms with Gasteiger partial charge in [-0.2, -0.15) is 5.26 Å². The second-order valence-electron chi connectivity index (χ2n) is 8.07. The summed E-state index contributed by atoms with van der Waals surface area (Å²) in [5.41, 5.74) is 6.80. The second kappa shape index (κ2) is 10.2. The van der Waals surface area contributed by atoms with Crippen molar-refractivity contribution in [3.63, 3.8) is 0 Å². The first kappa shape index (κ1) is 25.2. The van der Waals surface area contributed by atoms with Crippen LogP contribution in [-0.4, -0.2) is 60.2 Å². The maximum atomic E-state index is 13.2. The first-order valence-corrected chi connectivity index (χ1v) is 10.4. The largest absolute Gasteiger partial charge is 0.496 e. The Kier molecular flexibility index (Phi) is 7.56. The first-order chi connectivity index (χ1) is 16.1. The highest BCUT2D eigenvalue weighted by molar-refractivity contribution is 6.07. The van der Waals surface area contributed by atoms with Gasteiger partial charge in [-0.15, -0.1) is 0 Å². The zero-order valence-electron chi connectivity index (χ0n) is 18.9. The standard InChI is InChI=1S/C22H25F4N7O/c1-10-12(5-27)4-14(19(34-3)16(10)13-6-33(7-13)8-15(23)24)11(2)32-22-17(18(28)20(25)26)21(29)30-9-31-22/h4,9,11,13,15,20,28H,6-8H2,1-3H3,(H3,29,30,31,32). The van der Waals surface area contributed by atoms with Gasteiger partial charge in [-0.25, -0.2) is 27.5 Å². The molecule has 182 valence electrons. The number of hydrogen-bond donors (Lipinski definition) is 3. The fourth-order valence-corrected chi connectivity index (χ4v) is 4.22. The fourth-order valence-electron chi connectivity index (χ4n) is 4.22. The Morgan fingerprint density at radius 2 is 2.03 bits per heavy atom. The van der Waals surface area contributed by atoms with E-state index in [0.717, 1.165) is 11.9 Å². The van der Waals surface area contributed by atoms with Crippen LogP contribution in [0, 0.1) is 23.7 Å². The number of rotatable bonds is 9. The molecule has 0 bridgehead atoms. The molecule has 0 radical (unpaired) electrons. The van der Waals surface area contributed by atoms with Crippen LogP contribution in [0.5, 0.6) is 5.75 Å². The summed E-state index contributed by atoms with van der Waals surface area (Å²) in [6.07, 6.45) is -4.42. The quantitative estimate of drug-likeness (QED) is 0.370. The Bertz CT molecular complexity index is 1110. The van der Waals surface area contributed by atoms with Crippen LogP contribution in [0.4, 0.5) is 29.2 Å². The van der Waals surface area contributed by atoms with Gasteiger partial charge in [-0.3, -0.25) is 10.3 Å². The molecule has 1 fully saturated rings. The van der Waals surface area contributed by atoms with E-state index < -0.39 is 24.6 Å². The number of likely N-dealkylation sites (tertiary alicyclic amines) is 1. The van der Waals surface area contributed by atoms with E-state index in [1.165, 1.54) is 7.11 Å². The van der Waals surface area contributed by atoms with Crippen molar-refractivity contribution in [2.24, 2.45) is 0 Å². The number of nitrogens with two attached hydrogens (primary N) is 1. The molecule has 4 N–H and O–H groups in total. The highest BCUT2D eigenvalue weighted by atomic mass is 19.3. The van der Waals surface area contributed by atoms with Crippen molar-refractivity contribution < 1.29 is 22.3 Å². The summed E-state index contributed by atoms with van der Waals surface area (Å²) in [5, 5.41) is 20.4. The molecule has 2 heterocycles. The van der Waals surface area contributed by atoms with Gasteiger partial charge in [0.2, 0.25) is 0 Å². The molecule has 0 amide bonds. The third-order valence-electron chi connectivity index (χ3n) is 5.88. The van der Waals surface area contributed by atoms with Crippen molar-refractivity contribution in [3.8, 4) is 11.8 Å². The predicted octanol–water partition coefficient (Wildman–Crippen LogP) is 3.72. The van der Waals surface area contributed by atoms with E-state index in [2.05, 4.69) is 21.4 Å². The molecule has 2 aromatic rings. The van der Waals surface area contributed by atoms with Crippen LogP contribution in [0.2, 0.25) is 0 Å². The molecule has 34 heavy (non-hydrogen) atoms. The van der Waals surface area contributed by atoms with Crippen molar-refractivity contribution in [3.05, 3.63) is 40.2 Å². The van der Waals surface area contributed by atoms with Crippen molar-refractivity contribution >= 4 is 17.3 Å². The molecule has 3 rings (SSSR count). The maximum Gasteiger partial charge on any atom is 0.280 e. The lowest BCUT2D eigenvalue weighted by Crippen LogP contribution is -2.47. The van der Waals surface area contributed by atoms with Gasteiger partial charge in [0.1, 0.15) is 29.4 Å². The van der Waals surface area contributed by atoms with Gasteiger partial charge in [0.25, 0.3) is 12.9 Å². The lowest BCUT2D eigenvalue weighted by molar-refractivity contribution is 0.0460. The number of benzene rings is 1. The van der Waals surface area contributed by atoms with Crippen LogP contribution in [0.3, 0.4) is 0 Å². The highest BCUT2D eigenvalue weighted by Crippen LogP contribution is 2.42. The molecule has 0 aliphatic carbocycles. The number of aromatic nitrogens is 2. The Hall–Kier alpha value is -3.46. The predicted molar refractivity (Wildman–Crippen MR) is 119 cm³/mol. The summed E-state index contributed by atoms with van der Waals surface area (Å²) in [6, 6.07) is 3.18. The Morgan fingerprint density at radius 3 is 2.59 bits per heavy atom. The number of anilines is 2. The summed E-state index contributed by atoms with van der Waals surface area (Å²) in [5.74, 6) is 0.0496. The van der Waals surface area contributed by atoms with E-state index in [1.807, 2.05) is 0 Å². The maximum absolute atomic E-state index is 13.2. The van der Waals surface area contributed by atoms with Gasteiger partial charge < -0.3 is 15.8 Å². The molecular weight excluding hydrogens is 454 g/mol. The van der Waals surface area contributed by atoms with Crippen LogP contribution in [0.15, 0.2) is 12.4 Å². The van der Waals surface area contributed by atoms with E-state index in [4.69, 9.17) is 15.9 Å². The molecule has 1 saturated heterocycles. The molecule has 1 atom stereocenters. The van der Waals surface area contributed by atoms with E-state index in [1.54, 1.807) is 24.8 Å². The second-order valence-corrected chi connectivity index (χ2v) is 8.07. The molecule has 1 aromatic heterocycles. The number of hydrogen-bond acceptors (Lipinski definition) is 8. The molecule has 1 aliphatic rings. The van der Waals surface area contributed by atoms with Gasteiger partial charge in [0.15, 0.2) is 0 Å². The highest BCUT2D eigenvalue weighted by Gasteiger charge is 2.35. The first-order valence-electron chi connectivity index (χ1n) is 10.4. The topological polar surface area (TPSA) is 124 Å². The number of nitriles is 1. The molecule has 0 spiro atoms. The van der Waals surface area contributed by atoms with Crippen LogP contribution in [0.1, 0.15) is 46.7 Å². The third kappa shape index (κ3) is 4.89. The lowest BCUT2D eigenvalue weighted by atomic mass is 9.83. The molecule has 8 nitrogen and oxygen atoms in total. The Labute approximate surface area is 194 Å². The summed E-state index contributed by atoms with van der Waals surface area (Å²) < 4.78 is 57.6. The van der Waals surface area contributed by atoms with Crippen molar-refractivity contribution in [2.75, 3.05) is 37.8 Å². The van der Waals surface area contributed by atoms with Crippen molar-refractivity contribution in [2.45, 2.75) is 38.7 Å². The zero-order valence-corrected chi connectivity index (χ0v) is 18.9. The molecule has 1 unspecified atom stereocenters. The molecule has 0 saturated carbocycles. The number of alkyl halides is 4. The number of methoxy groups -OCH3 is 1. The Morgan fingerprint density at radius 1 is 1.35 bits per heavy atom. The van der Waals surface area contributed by atoms with E-state index in [-0.39, 0.29) is 29.7 Å². The molecular formula is C22H25F4N7O. The average molecular weight is 479 g/mol. The van der Waals surface area contributed by atoms with Crippen LogP contribution >= 0.6 is 0 Å². The van der Waals surface area contributed by atoms with Gasteiger partial charge in [-0.1, -0.05) is 0 Å². The zero-order chi connectivity index (χ0) is 25.2. The molecule has 12 heteroatoms. The van der Waals surface area contributed by atoms with E-state index in [9.17, 15) is 22.8 Å². The molecule has 1 aromatic carbocycles. The summed E-state index contributed by atoms with van der Waals surface area (Å²) in [4.78, 5) is 9.32. The number of nitrogen functional groups attached to an aromatic ring is 1. The number of halogens is 4. The van der Waals surface area contributed by atoms with Crippen LogP contribution < -0.4 is 15.8 Å². The van der Waals surface area contributed by atoms with Gasteiger partial charge in [-0.05, 0) is 25.5 Å². The molecule has 1 aliphatic heterocycles. The third-order valence-corrected chi connectivity index (χ3v) is 5.88. The lowest BCUT2D eigenvalue weighted by Gasteiger charge is -2.41. The number of nitrogens with one attached hydrogen (secondary N) is 2. The van der Waals surface area contributed by atoms with Crippen LogP contribution in [0.25, 0.3) is 0 Å². The fraction of sp³-hybridized carbons (Fsp3) is 0.455. The van der Waals surface area contributed by atoms with Crippen LogP contribution in [-0.2, 0) is 0 Å². The van der Waals surface area contributed by atoms with Gasteiger partial charge in [0, 0.05) is 30.1 Å². The number of ether oxygens (including phenoxy) is 1. The minimum absolute atomic E-state index is 0.0558. The summed E-state index contributed by atoms with van der Waals surface area (Å²) in [7, 11) is 1.47. The van der Waals surface area contributed by atoms with Gasteiger partial charge >= 0.3 is 0 Å². The SMILES string of the molecule is COc1c(C(C)Nc2ncnc(N)c2C(=N)C(F)F)cc(C#N)c(C)c1C1CN(CC(F)F)C1. The van der Waals surface area contributed by atoms with Crippen molar-refractivity contribution in [1.29, 1.82) is 10.7 Å². The van der Waals surface area contributed by atoms with E-state index in [0.29, 0.717) is 35.5 Å². The number of nitrogens with zero attached hydrogens (tertiary/aromatic N) is 4. The Balaban J connectivity index is 2.00. The van der Waals surface area contributed by atoms with E-state index >= 15 is 0 Å². The average Bonchev–Trinajstić information content (AvgIpc) is 2.75. The summed E-state index contributed by atoms with van der Waals surface area (Å²) >= 11 is 0. The van der Waals surface area contributed by atoms with Gasteiger partial charge in [0.05, 0.1) is 36.9 Å². The monoisotopic (exact) mass is 479 g/mol. The normalized spacial score (nSPS) is 15.2.